The van der Waals surface area contributed by atoms with Gasteiger partial charge in [0, 0.05) is 0 Å². The Balaban J connectivity index is 1.96. The smallest absolute Gasteiger partial charge is 0.323 e. The number of hydrogen-bond acceptors (Lipinski definition) is 4. The predicted octanol–water partition coefficient (Wildman–Crippen LogP) is 2.22. The van der Waals surface area contributed by atoms with Crippen molar-refractivity contribution in [3.05, 3.63) is 28.8 Å². The van der Waals surface area contributed by atoms with Crippen LogP contribution in [0.2, 0.25) is 5.02 Å². The Morgan fingerprint density at radius 3 is 2.90 bits per heavy atom. The van der Waals surface area contributed by atoms with Gasteiger partial charge in [0.15, 0.2) is 0 Å². The Bertz CT molecular complexity index is 548. The summed E-state index contributed by atoms with van der Waals surface area (Å²) in [6.07, 6.45) is 1.61. The van der Waals surface area contributed by atoms with E-state index >= 15 is 0 Å². The molecule has 1 atom stereocenters. The minimum absolute atomic E-state index is 0.157. The van der Waals surface area contributed by atoms with Gasteiger partial charge >= 0.3 is 5.97 Å². The second-order valence-electron chi connectivity index (χ2n) is 5.18. The number of halogens is 1. The van der Waals surface area contributed by atoms with Gasteiger partial charge in [-0.25, -0.2) is 0 Å². The van der Waals surface area contributed by atoms with Crippen LogP contribution < -0.4 is 5.32 Å². The molecule has 1 amide bonds. The largest absolute Gasteiger partial charge is 0.468 e. The molecule has 1 heterocycles. The molecule has 0 radical (unpaired) electrons. The van der Waals surface area contributed by atoms with Gasteiger partial charge in [0.1, 0.15) is 6.04 Å². The maximum Gasteiger partial charge on any atom is 0.323 e. The maximum atomic E-state index is 12.1. The van der Waals surface area contributed by atoms with E-state index in [0.717, 1.165) is 24.9 Å². The predicted molar refractivity (Wildman–Crippen MR) is 81.4 cm³/mol. The second-order valence-corrected chi connectivity index (χ2v) is 5.59. The summed E-state index contributed by atoms with van der Waals surface area (Å²) < 4.78 is 4.76. The van der Waals surface area contributed by atoms with E-state index in [1.54, 1.807) is 12.1 Å². The molecule has 0 aliphatic carbocycles. The van der Waals surface area contributed by atoms with Gasteiger partial charge < -0.3 is 10.1 Å². The van der Waals surface area contributed by atoms with Crippen LogP contribution in [-0.2, 0) is 14.3 Å². The molecule has 6 heteroatoms. The number of carbonyl (C=O) groups is 2. The van der Waals surface area contributed by atoms with Crippen LogP contribution in [0.4, 0.5) is 5.69 Å². The van der Waals surface area contributed by atoms with Crippen molar-refractivity contribution in [2.75, 3.05) is 25.5 Å². The van der Waals surface area contributed by atoms with Crippen molar-refractivity contribution >= 4 is 29.2 Å². The number of carbonyl (C=O) groups excluding carboxylic acids is 2. The van der Waals surface area contributed by atoms with Crippen molar-refractivity contribution in [1.29, 1.82) is 0 Å². The minimum Gasteiger partial charge on any atom is -0.468 e. The molecule has 21 heavy (non-hydrogen) atoms. The molecule has 0 saturated carbocycles. The standard InChI is InChI=1S/C15H19ClN2O3/c1-10-5-6-12(11(16)8-10)17-14(19)9-18-7-3-4-13(18)15(20)21-2/h5-6,8,13H,3-4,7,9H2,1-2H3,(H,17,19). The number of nitrogens with one attached hydrogen (secondary N) is 1. The van der Waals surface area contributed by atoms with Gasteiger partial charge in [0.25, 0.3) is 0 Å². The average molecular weight is 311 g/mol. The number of benzene rings is 1. The highest BCUT2D eigenvalue weighted by molar-refractivity contribution is 6.33. The van der Waals surface area contributed by atoms with Crippen LogP contribution >= 0.6 is 11.6 Å². The highest BCUT2D eigenvalue weighted by Gasteiger charge is 2.32. The summed E-state index contributed by atoms with van der Waals surface area (Å²) in [5.41, 5.74) is 1.62. The van der Waals surface area contributed by atoms with E-state index in [1.807, 2.05) is 17.9 Å². The fourth-order valence-corrected chi connectivity index (χ4v) is 2.80. The average Bonchev–Trinajstić information content (AvgIpc) is 2.89. The van der Waals surface area contributed by atoms with E-state index < -0.39 is 0 Å². The minimum atomic E-state index is -0.325. The summed E-state index contributed by atoms with van der Waals surface area (Å²) in [5, 5.41) is 3.29. The molecule has 2 rings (SSSR count). The van der Waals surface area contributed by atoms with Crippen molar-refractivity contribution in [2.24, 2.45) is 0 Å². The summed E-state index contributed by atoms with van der Waals surface area (Å²) in [4.78, 5) is 25.6. The lowest BCUT2D eigenvalue weighted by molar-refractivity contribution is -0.146. The van der Waals surface area contributed by atoms with Crippen LogP contribution in [0.3, 0.4) is 0 Å². The number of rotatable bonds is 4. The quantitative estimate of drug-likeness (QED) is 0.866. The van der Waals surface area contributed by atoms with Gasteiger partial charge in [-0.3, -0.25) is 14.5 Å². The molecule has 1 aliphatic heterocycles. The number of esters is 1. The Hall–Kier alpha value is -1.59. The second kappa shape index (κ2) is 6.91. The first-order chi connectivity index (χ1) is 10.0. The first kappa shape index (κ1) is 15.8. The first-order valence-electron chi connectivity index (χ1n) is 6.89. The number of hydrogen-bond donors (Lipinski definition) is 1. The Morgan fingerprint density at radius 1 is 1.48 bits per heavy atom. The van der Waals surface area contributed by atoms with Gasteiger partial charge in [0.2, 0.25) is 5.91 Å². The SMILES string of the molecule is COC(=O)C1CCCN1CC(=O)Nc1ccc(C)cc1Cl. The topological polar surface area (TPSA) is 58.6 Å². The summed E-state index contributed by atoms with van der Waals surface area (Å²) in [5.74, 6) is -0.467. The molecular weight excluding hydrogens is 292 g/mol. The zero-order valence-electron chi connectivity index (χ0n) is 12.2. The van der Waals surface area contributed by atoms with E-state index in [-0.39, 0.29) is 24.5 Å². The number of anilines is 1. The lowest BCUT2D eigenvalue weighted by Crippen LogP contribution is -2.41. The molecule has 1 aromatic rings. The van der Waals surface area contributed by atoms with Gasteiger partial charge in [-0.05, 0) is 44.0 Å². The molecule has 1 N–H and O–H groups in total. The summed E-state index contributed by atoms with van der Waals surface area (Å²) in [6, 6.07) is 5.13. The number of ether oxygens (including phenoxy) is 1. The fraction of sp³-hybridized carbons (Fsp3) is 0.467. The third kappa shape index (κ3) is 3.95. The van der Waals surface area contributed by atoms with Crippen LogP contribution in [0.25, 0.3) is 0 Å². The summed E-state index contributed by atoms with van der Waals surface area (Å²) in [6.45, 7) is 2.81. The van der Waals surface area contributed by atoms with Crippen LogP contribution in [-0.4, -0.2) is 43.0 Å². The maximum absolute atomic E-state index is 12.1. The monoisotopic (exact) mass is 310 g/mol. The van der Waals surface area contributed by atoms with E-state index in [2.05, 4.69) is 5.32 Å². The number of likely N-dealkylation sites (tertiary alicyclic amines) is 1. The molecule has 0 aromatic heterocycles. The lowest BCUT2D eigenvalue weighted by atomic mass is 10.2. The van der Waals surface area contributed by atoms with Crippen LogP contribution in [0.5, 0.6) is 0 Å². The molecule has 1 aliphatic rings. The molecule has 1 fully saturated rings. The highest BCUT2D eigenvalue weighted by Crippen LogP contribution is 2.23. The molecule has 1 unspecified atom stereocenters. The third-order valence-electron chi connectivity index (χ3n) is 3.58. The molecule has 0 bridgehead atoms. The zero-order valence-corrected chi connectivity index (χ0v) is 12.9. The third-order valence-corrected chi connectivity index (χ3v) is 3.90. The Labute approximate surface area is 129 Å². The molecule has 0 spiro atoms. The van der Waals surface area contributed by atoms with Crippen LogP contribution in [0, 0.1) is 6.92 Å². The van der Waals surface area contributed by atoms with Crippen molar-refractivity contribution in [2.45, 2.75) is 25.8 Å². The molecule has 1 saturated heterocycles. The zero-order chi connectivity index (χ0) is 15.4. The van der Waals surface area contributed by atoms with Crippen molar-refractivity contribution in [3.63, 3.8) is 0 Å². The van der Waals surface area contributed by atoms with Crippen LogP contribution in [0.1, 0.15) is 18.4 Å². The lowest BCUT2D eigenvalue weighted by Gasteiger charge is -2.21. The van der Waals surface area contributed by atoms with E-state index in [0.29, 0.717) is 10.7 Å². The number of methoxy groups -OCH3 is 1. The van der Waals surface area contributed by atoms with Gasteiger partial charge in [0.05, 0.1) is 24.4 Å². The summed E-state index contributed by atoms with van der Waals surface area (Å²) in [7, 11) is 1.37. The summed E-state index contributed by atoms with van der Waals surface area (Å²) >= 11 is 6.09. The van der Waals surface area contributed by atoms with Crippen LogP contribution in [0.15, 0.2) is 18.2 Å². The van der Waals surface area contributed by atoms with Gasteiger partial charge in [-0.15, -0.1) is 0 Å². The van der Waals surface area contributed by atoms with Crippen molar-refractivity contribution in [3.8, 4) is 0 Å². The Kier molecular flexibility index (Phi) is 5.20. The molecule has 1 aromatic carbocycles. The van der Waals surface area contributed by atoms with Gasteiger partial charge in [-0.2, -0.15) is 0 Å². The molecule has 114 valence electrons. The van der Waals surface area contributed by atoms with Crippen molar-refractivity contribution in [1.82, 2.24) is 4.90 Å². The Morgan fingerprint density at radius 2 is 2.24 bits per heavy atom. The van der Waals surface area contributed by atoms with E-state index in [1.165, 1.54) is 7.11 Å². The number of aryl methyl sites for hydroxylation is 1. The normalized spacial score (nSPS) is 18.5. The number of nitrogens with zero attached hydrogens (tertiary/aromatic N) is 1. The molecular formula is C15H19ClN2O3. The van der Waals surface area contributed by atoms with Crippen molar-refractivity contribution < 1.29 is 14.3 Å². The van der Waals surface area contributed by atoms with E-state index in [4.69, 9.17) is 16.3 Å². The number of amides is 1. The fourth-order valence-electron chi connectivity index (χ4n) is 2.51. The first-order valence-corrected chi connectivity index (χ1v) is 7.27. The molecule has 5 nitrogen and oxygen atoms in total. The van der Waals surface area contributed by atoms with Gasteiger partial charge in [-0.1, -0.05) is 17.7 Å². The highest BCUT2D eigenvalue weighted by atomic mass is 35.5. The van der Waals surface area contributed by atoms with E-state index in [9.17, 15) is 9.59 Å².